The van der Waals surface area contributed by atoms with Crippen molar-refractivity contribution >= 4 is 63.1 Å². The molecule has 178 valence electrons. The topological polar surface area (TPSA) is 64.5 Å². The Kier molecular flexibility index (Phi) is 6.95. The second kappa shape index (κ2) is 9.95. The van der Waals surface area contributed by atoms with Crippen LogP contribution in [0.2, 0.25) is 10.0 Å². The highest BCUT2D eigenvalue weighted by atomic mass is 35.5. The first-order valence-corrected chi connectivity index (χ1v) is 13.5. The largest absolute Gasteiger partial charge is 0.478 e. The molecular weight excluding hydrogens is 516 g/mol. The first-order chi connectivity index (χ1) is 16.4. The van der Waals surface area contributed by atoms with E-state index in [9.17, 15) is 4.39 Å². The molecule has 34 heavy (non-hydrogen) atoms. The lowest BCUT2D eigenvalue weighted by Gasteiger charge is -2.25. The molecule has 1 aromatic carbocycles. The molecule has 10 heteroatoms. The van der Waals surface area contributed by atoms with Crippen LogP contribution in [-0.2, 0) is 6.54 Å². The van der Waals surface area contributed by atoms with Crippen molar-refractivity contribution in [1.29, 1.82) is 0 Å². The van der Waals surface area contributed by atoms with E-state index in [-0.39, 0.29) is 16.6 Å². The molecule has 5 rings (SSSR count). The predicted molar refractivity (Wildman–Crippen MR) is 140 cm³/mol. The summed E-state index contributed by atoms with van der Waals surface area (Å²) >= 11 is 16.2. The summed E-state index contributed by atoms with van der Waals surface area (Å²) in [6, 6.07) is 6.94. The third-order valence-corrected chi connectivity index (χ3v) is 8.55. The van der Waals surface area contributed by atoms with Crippen LogP contribution in [-0.4, -0.2) is 34.5 Å². The monoisotopic (exact) mass is 537 g/mol. The zero-order valence-corrected chi connectivity index (χ0v) is 21.5. The van der Waals surface area contributed by atoms with Gasteiger partial charge in [0.05, 0.1) is 10.4 Å². The Hall–Kier alpha value is -1.97. The number of thioether (sulfide) groups is 1. The van der Waals surface area contributed by atoms with Crippen molar-refractivity contribution in [2.75, 3.05) is 30.3 Å². The van der Waals surface area contributed by atoms with E-state index in [1.54, 1.807) is 30.7 Å². The summed E-state index contributed by atoms with van der Waals surface area (Å²) in [5.41, 5.74) is 7.87. The van der Waals surface area contributed by atoms with Crippen LogP contribution in [0.15, 0.2) is 41.1 Å². The normalized spacial score (nSPS) is 15.6. The number of anilines is 1. The average molecular weight is 538 g/mol. The SMILES string of the molecule is C[C@@H](Oc1c(N)ncc2c(-c3ccc(CN4CCSCC4)s3)coc12)c1c(Cl)ccc(F)c1Cl. The smallest absolute Gasteiger partial charge is 0.205 e. The summed E-state index contributed by atoms with van der Waals surface area (Å²) in [6.45, 7) is 4.91. The second-order valence-corrected chi connectivity index (χ2v) is 11.2. The minimum absolute atomic E-state index is 0.0859. The van der Waals surface area contributed by atoms with Crippen LogP contribution in [0, 0.1) is 5.82 Å². The number of furan rings is 1. The number of ether oxygens (including phenoxy) is 1. The third-order valence-electron chi connectivity index (χ3n) is 5.79. The molecule has 0 spiro atoms. The van der Waals surface area contributed by atoms with Gasteiger partial charge in [-0.1, -0.05) is 23.2 Å². The molecular formula is C24H22Cl2FN3O2S2. The first kappa shape index (κ1) is 23.8. The van der Waals surface area contributed by atoms with Gasteiger partial charge in [0.25, 0.3) is 0 Å². The number of nitrogens with zero attached hydrogens (tertiary/aromatic N) is 2. The van der Waals surface area contributed by atoms with Gasteiger partial charge in [0.15, 0.2) is 11.4 Å². The molecule has 5 nitrogen and oxygen atoms in total. The van der Waals surface area contributed by atoms with E-state index in [2.05, 4.69) is 22.0 Å². The number of thiophene rings is 1. The summed E-state index contributed by atoms with van der Waals surface area (Å²) < 4.78 is 26.0. The van der Waals surface area contributed by atoms with Gasteiger partial charge < -0.3 is 14.9 Å². The van der Waals surface area contributed by atoms with Gasteiger partial charge in [-0.25, -0.2) is 9.37 Å². The van der Waals surface area contributed by atoms with Crippen LogP contribution in [0.3, 0.4) is 0 Å². The fourth-order valence-electron chi connectivity index (χ4n) is 4.02. The molecule has 1 fully saturated rings. The van der Waals surface area contributed by atoms with Crippen molar-refractivity contribution < 1.29 is 13.5 Å². The number of halogens is 3. The summed E-state index contributed by atoms with van der Waals surface area (Å²) in [6.07, 6.45) is 2.69. The van der Waals surface area contributed by atoms with Crippen LogP contribution in [0.5, 0.6) is 5.75 Å². The number of fused-ring (bicyclic) bond motifs is 1. The van der Waals surface area contributed by atoms with E-state index < -0.39 is 11.9 Å². The summed E-state index contributed by atoms with van der Waals surface area (Å²) in [7, 11) is 0. The number of aromatic nitrogens is 1. The Morgan fingerprint density at radius 1 is 1.24 bits per heavy atom. The maximum atomic E-state index is 14.0. The average Bonchev–Trinajstić information content (AvgIpc) is 3.46. The van der Waals surface area contributed by atoms with Crippen LogP contribution >= 0.6 is 46.3 Å². The minimum atomic E-state index is -0.685. The molecule has 0 radical (unpaired) electrons. The fraction of sp³-hybridized carbons (Fsp3) is 0.292. The Bertz CT molecular complexity index is 1340. The van der Waals surface area contributed by atoms with E-state index in [4.69, 9.17) is 38.1 Å². The number of benzene rings is 1. The minimum Gasteiger partial charge on any atom is -0.478 e. The highest BCUT2D eigenvalue weighted by molar-refractivity contribution is 7.99. The quantitative estimate of drug-likeness (QED) is 0.261. The van der Waals surface area contributed by atoms with Gasteiger partial charge in [-0.15, -0.1) is 11.3 Å². The lowest BCUT2D eigenvalue weighted by Crippen LogP contribution is -2.31. The Morgan fingerprint density at radius 3 is 2.82 bits per heavy atom. The Morgan fingerprint density at radius 2 is 2.03 bits per heavy atom. The number of nitrogens with two attached hydrogens (primary N) is 1. The van der Waals surface area contributed by atoms with Gasteiger partial charge in [0.1, 0.15) is 18.2 Å². The zero-order valence-electron chi connectivity index (χ0n) is 18.3. The zero-order chi connectivity index (χ0) is 23.8. The van der Waals surface area contributed by atoms with Crippen molar-refractivity contribution in [3.8, 4) is 16.2 Å². The van der Waals surface area contributed by atoms with E-state index in [0.717, 1.165) is 35.5 Å². The molecule has 0 amide bonds. The van der Waals surface area contributed by atoms with Crippen molar-refractivity contribution in [1.82, 2.24) is 9.88 Å². The predicted octanol–water partition coefficient (Wildman–Crippen LogP) is 7.27. The van der Waals surface area contributed by atoms with Gasteiger partial charge in [0, 0.05) is 63.2 Å². The first-order valence-electron chi connectivity index (χ1n) is 10.8. The Balaban J connectivity index is 1.44. The second-order valence-electron chi connectivity index (χ2n) is 8.04. The lowest BCUT2D eigenvalue weighted by molar-refractivity contribution is 0.227. The van der Waals surface area contributed by atoms with Crippen LogP contribution in [0.1, 0.15) is 23.5 Å². The molecule has 0 saturated carbocycles. The molecule has 4 heterocycles. The Labute approximate surface area is 215 Å². The number of hydrogen-bond acceptors (Lipinski definition) is 7. The number of pyridine rings is 1. The van der Waals surface area contributed by atoms with E-state index in [1.165, 1.54) is 28.5 Å². The number of nitrogen functional groups attached to an aromatic ring is 1. The molecule has 1 aliphatic heterocycles. The van der Waals surface area contributed by atoms with E-state index in [1.807, 2.05) is 11.8 Å². The standard InChI is InChI=1S/C24H22Cl2FN3O2S2/c1-13(20-17(25)3-4-18(27)21(20)26)32-23-22-15(10-29-24(23)28)16(12-31-22)19-5-2-14(34-19)11-30-6-8-33-9-7-30/h2-5,10,12-13H,6-9,11H2,1H3,(H2,28,29)/t13-/m1/s1. The van der Waals surface area contributed by atoms with Crippen LogP contribution < -0.4 is 10.5 Å². The van der Waals surface area contributed by atoms with Gasteiger partial charge in [-0.05, 0) is 31.2 Å². The van der Waals surface area contributed by atoms with Crippen LogP contribution in [0.4, 0.5) is 10.2 Å². The van der Waals surface area contributed by atoms with Crippen molar-refractivity contribution in [2.45, 2.75) is 19.6 Å². The van der Waals surface area contributed by atoms with Gasteiger partial charge in [0.2, 0.25) is 5.75 Å². The molecule has 1 atom stereocenters. The highest BCUT2D eigenvalue weighted by Gasteiger charge is 2.23. The van der Waals surface area contributed by atoms with E-state index in [0.29, 0.717) is 16.2 Å². The lowest BCUT2D eigenvalue weighted by atomic mass is 10.1. The van der Waals surface area contributed by atoms with Gasteiger partial charge in [-0.2, -0.15) is 11.8 Å². The molecule has 4 aromatic rings. The highest BCUT2D eigenvalue weighted by Crippen LogP contribution is 2.43. The summed E-state index contributed by atoms with van der Waals surface area (Å²) in [5.74, 6) is 2.24. The molecule has 0 bridgehead atoms. The molecule has 1 saturated heterocycles. The molecule has 0 aliphatic carbocycles. The van der Waals surface area contributed by atoms with Gasteiger partial charge >= 0.3 is 0 Å². The van der Waals surface area contributed by atoms with Gasteiger partial charge in [-0.3, -0.25) is 4.90 Å². The maximum absolute atomic E-state index is 14.0. The van der Waals surface area contributed by atoms with Crippen molar-refractivity contribution in [3.05, 3.63) is 63.0 Å². The van der Waals surface area contributed by atoms with Crippen molar-refractivity contribution in [2.24, 2.45) is 0 Å². The molecule has 1 aliphatic rings. The maximum Gasteiger partial charge on any atom is 0.205 e. The fourth-order valence-corrected chi connectivity index (χ4v) is 6.75. The summed E-state index contributed by atoms with van der Waals surface area (Å²) in [4.78, 5) is 9.20. The molecule has 2 N–H and O–H groups in total. The summed E-state index contributed by atoms with van der Waals surface area (Å²) in [5, 5.41) is 1.00. The third kappa shape index (κ3) is 4.62. The van der Waals surface area contributed by atoms with Crippen molar-refractivity contribution in [3.63, 3.8) is 0 Å². The van der Waals surface area contributed by atoms with E-state index >= 15 is 0 Å². The molecule has 0 unspecified atom stereocenters. The molecule has 3 aromatic heterocycles. The number of hydrogen-bond donors (Lipinski definition) is 1. The van der Waals surface area contributed by atoms with Crippen LogP contribution in [0.25, 0.3) is 21.4 Å². The number of rotatable bonds is 6.